The fraction of sp³-hybridized carbons (Fsp3) is 0.480. The monoisotopic (exact) mass is 378 g/mol. The number of rotatable bonds is 7. The molecule has 1 saturated heterocycles. The summed E-state index contributed by atoms with van der Waals surface area (Å²) in [4.78, 5) is 4.95. The van der Waals surface area contributed by atoms with Gasteiger partial charge in [0.2, 0.25) is 0 Å². The Kier molecular flexibility index (Phi) is 8.42. The maximum atomic E-state index is 5.95. The van der Waals surface area contributed by atoms with Crippen LogP contribution in [0.5, 0.6) is 5.75 Å². The highest BCUT2D eigenvalue weighted by Gasteiger charge is 2.09. The molecule has 0 atom stereocenters. The van der Waals surface area contributed by atoms with E-state index in [9.17, 15) is 0 Å². The van der Waals surface area contributed by atoms with Crippen molar-refractivity contribution in [1.82, 2.24) is 5.32 Å². The first-order valence-corrected chi connectivity index (χ1v) is 10.9. The molecule has 3 rings (SSSR count). The van der Waals surface area contributed by atoms with E-state index in [4.69, 9.17) is 9.73 Å². The summed E-state index contributed by atoms with van der Waals surface area (Å²) in [5.41, 5.74) is 3.70. The molecule has 0 saturated carbocycles. The molecule has 0 aliphatic carbocycles. The van der Waals surface area contributed by atoms with Crippen molar-refractivity contribution in [2.24, 2.45) is 4.99 Å². The SMILES string of the molecule is CCCCOc1ccc(CN=C2CCCCCCCN2)c(-c2ccccc2)c1. The van der Waals surface area contributed by atoms with Crippen LogP contribution in [0.2, 0.25) is 0 Å². The molecule has 0 bridgehead atoms. The minimum Gasteiger partial charge on any atom is -0.494 e. The fourth-order valence-corrected chi connectivity index (χ4v) is 3.59. The first kappa shape index (κ1) is 20.4. The number of aliphatic imine (C=N–C) groups is 1. The minimum absolute atomic E-state index is 0.710. The van der Waals surface area contributed by atoms with Crippen LogP contribution in [0.1, 0.15) is 63.9 Å². The van der Waals surface area contributed by atoms with Crippen molar-refractivity contribution in [1.29, 1.82) is 0 Å². The topological polar surface area (TPSA) is 33.6 Å². The Morgan fingerprint density at radius 1 is 0.964 bits per heavy atom. The zero-order chi connectivity index (χ0) is 19.4. The molecule has 3 nitrogen and oxygen atoms in total. The van der Waals surface area contributed by atoms with E-state index in [1.165, 1.54) is 54.6 Å². The Morgan fingerprint density at radius 2 is 1.79 bits per heavy atom. The molecule has 0 radical (unpaired) electrons. The predicted molar refractivity (Wildman–Crippen MR) is 119 cm³/mol. The van der Waals surface area contributed by atoms with E-state index in [2.05, 4.69) is 60.8 Å². The zero-order valence-electron chi connectivity index (χ0n) is 17.3. The van der Waals surface area contributed by atoms with Gasteiger partial charge in [0, 0.05) is 13.0 Å². The molecule has 2 aromatic carbocycles. The molecule has 1 aliphatic rings. The van der Waals surface area contributed by atoms with Crippen molar-refractivity contribution in [3.8, 4) is 16.9 Å². The lowest BCUT2D eigenvalue weighted by molar-refractivity contribution is 0.309. The number of nitrogens with one attached hydrogen (secondary N) is 1. The molecule has 0 unspecified atom stereocenters. The van der Waals surface area contributed by atoms with Gasteiger partial charge in [0.25, 0.3) is 0 Å². The summed E-state index contributed by atoms with van der Waals surface area (Å²) >= 11 is 0. The fourth-order valence-electron chi connectivity index (χ4n) is 3.59. The smallest absolute Gasteiger partial charge is 0.119 e. The molecule has 1 fully saturated rings. The van der Waals surface area contributed by atoms with Crippen LogP contribution in [0.15, 0.2) is 53.5 Å². The molecule has 150 valence electrons. The lowest BCUT2D eigenvalue weighted by Crippen LogP contribution is -2.24. The van der Waals surface area contributed by atoms with Crippen molar-refractivity contribution < 1.29 is 4.74 Å². The Hall–Kier alpha value is -2.29. The van der Waals surface area contributed by atoms with Crippen molar-refractivity contribution in [3.63, 3.8) is 0 Å². The van der Waals surface area contributed by atoms with Crippen LogP contribution in [0.3, 0.4) is 0 Å². The van der Waals surface area contributed by atoms with E-state index in [0.29, 0.717) is 6.54 Å². The highest BCUT2D eigenvalue weighted by atomic mass is 16.5. The molecule has 1 heterocycles. The molecular formula is C25H34N2O. The number of amidine groups is 1. The quantitative estimate of drug-likeness (QED) is 0.568. The van der Waals surface area contributed by atoms with Gasteiger partial charge in [0.05, 0.1) is 19.0 Å². The third-order valence-electron chi connectivity index (χ3n) is 5.29. The second-order valence-electron chi connectivity index (χ2n) is 7.59. The Bertz CT molecular complexity index is 727. The predicted octanol–water partition coefficient (Wildman–Crippen LogP) is 6.37. The lowest BCUT2D eigenvalue weighted by Gasteiger charge is -2.13. The molecule has 0 spiro atoms. The molecule has 0 aromatic heterocycles. The van der Waals surface area contributed by atoms with Crippen LogP contribution in [0, 0.1) is 0 Å². The van der Waals surface area contributed by atoms with E-state index >= 15 is 0 Å². The summed E-state index contributed by atoms with van der Waals surface area (Å²) in [7, 11) is 0. The first-order valence-electron chi connectivity index (χ1n) is 10.9. The number of nitrogens with zero attached hydrogens (tertiary/aromatic N) is 1. The lowest BCUT2D eigenvalue weighted by atomic mass is 9.99. The van der Waals surface area contributed by atoms with Gasteiger partial charge in [-0.1, -0.05) is 69.0 Å². The van der Waals surface area contributed by atoms with Crippen LogP contribution < -0.4 is 10.1 Å². The zero-order valence-corrected chi connectivity index (χ0v) is 17.3. The standard InChI is InChI=1S/C25H34N2O/c1-2-3-18-28-23-16-15-22(24(19-23)21-12-8-7-9-13-21)20-27-25-14-10-5-4-6-11-17-26-25/h7-9,12-13,15-16,19H,2-6,10-11,14,17-18,20H2,1H3,(H,26,27). The molecule has 1 N–H and O–H groups in total. The average molecular weight is 379 g/mol. The maximum Gasteiger partial charge on any atom is 0.119 e. The third-order valence-corrected chi connectivity index (χ3v) is 5.29. The molecule has 2 aromatic rings. The van der Waals surface area contributed by atoms with E-state index in [1.54, 1.807) is 0 Å². The van der Waals surface area contributed by atoms with Crippen LogP contribution in [-0.4, -0.2) is 19.0 Å². The molecule has 3 heteroatoms. The number of hydrogen-bond donors (Lipinski definition) is 1. The summed E-state index contributed by atoms with van der Waals surface area (Å²) < 4.78 is 5.95. The van der Waals surface area contributed by atoms with E-state index in [-0.39, 0.29) is 0 Å². The van der Waals surface area contributed by atoms with Crippen LogP contribution in [0.4, 0.5) is 0 Å². The first-order chi connectivity index (χ1) is 13.9. The molecular weight excluding hydrogens is 344 g/mol. The van der Waals surface area contributed by atoms with Gasteiger partial charge >= 0.3 is 0 Å². The van der Waals surface area contributed by atoms with Crippen molar-refractivity contribution in [2.45, 2.75) is 64.8 Å². The van der Waals surface area contributed by atoms with Gasteiger partial charge in [-0.05, 0) is 48.1 Å². The largest absolute Gasteiger partial charge is 0.494 e. The van der Waals surface area contributed by atoms with E-state index in [0.717, 1.165) is 38.2 Å². The highest BCUT2D eigenvalue weighted by Crippen LogP contribution is 2.29. The van der Waals surface area contributed by atoms with Gasteiger partial charge in [-0.3, -0.25) is 4.99 Å². The minimum atomic E-state index is 0.710. The third kappa shape index (κ3) is 6.40. The Morgan fingerprint density at radius 3 is 2.64 bits per heavy atom. The van der Waals surface area contributed by atoms with Crippen LogP contribution in [-0.2, 0) is 6.54 Å². The number of ether oxygens (including phenoxy) is 1. The summed E-state index contributed by atoms with van der Waals surface area (Å²) in [6.07, 6.45) is 9.79. The van der Waals surface area contributed by atoms with Crippen molar-refractivity contribution in [3.05, 3.63) is 54.1 Å². The van der Waals surface area contributed by atoms with Crippen LogP contribution >= 0.6 is 0 Å². The van der Waals surface area contributed by atoms with Crippen molar-refractivity contribution >= 4 is 5.84 Å². The van der Waals surface area contributed by atoms with Gasteiger partial charge in [0.15, 0.2) is 0 Å². The summed E-state index contributed by atoms with van der Waals surface area (Å²) in [5.74, 6) is 2.12. The Balaban J connectivity index is 1.79. The van der Waals surface area contributed by atoms with Gasteiger partial charge < -0.3 is 10.1 Å². The van der Waals surface area contributed by atoms with Gasteiger partial charge in [-0.2, -0.15) is 0 Å². The van der Waals surface area contributed by atoms with Gasteiger partial charge in [0.1, 0.15) is 5.75 Å². The molecule has 28 heavy (non-hydrogen) atoms. The van der Waals surface area contributed by atoms with E-state index in [1.807, 2.05) is 0 Å². The summed E-state index contributed by atoms with van der Waals surface area (Å²) in [6.45, 7) is 4.72. The maximum absolute atomic E-state index is 5.95. The van der Waals surface area contributed by atoms with E-state index < -0.39 is 0 Å². The summed E-state index contributed by atoms with van der Waals surface area (Å²) in [5, 5.41) is 3.56. The molecule has 0 amide bonds. The highest BCUT2D eigenvalue weighted by molar-refractivity contribution is 5.82. The summed E-state index contributed by atoms with van der Waals surface area (Å²) in [6, 6.07) is 17.0. The van der Waals surface area contributed by atoms with Crippen molar-refractivity contribution in [2.75, 3.05) is 13.2 Å². The Labute approximate surface area is 170 Å². The second kappa shape index (κ2) is 11.5. The second-order valence-corrected chi connectivity index (χ2v) is 7.59. The number of hydrogen-bond acceptors (Lipinski definition) is 2. The number of unbranched alkanes of at least 4 members (excludes halogenated alkanes) is 1. The van der Waals surface area contributed by atoms with Crippen LogP contribution in [0.25, 0.3) is 11.1 Å². The van der Waals surface area contributed by atoms with Gasteiger partial charge in [-0.25, -0.2) is 0 Å². The normalized spacial score (nSPS) is 16.7. The molecule has 1 aliphatic heterocycles. The average Bonchev–Trinajstić information content (AvgIpc) is 2.87. The van der Waals surface area contributed by atoms with Gasteiger partial charge in [-0.15, -0.1) is 0 Å². The number of benzene rings is 2.